The number of rotatable bonds is 8. The smallest absolute Gasteiger partial charge is 0.255 e. The van der Waals surface area contributed by atoms with Crippen molar-refractivity contribution in [1.82, 2.24) is 15.2 Å². The summed E-state index contributed by atoms with van der Waals surface area (Å²) in [6, 6.07) is 3.31. The van der Waals surface area contributed by atoms with Crippen LogP contribution in [0.15, 0.2) is 49.8 Å². The number of pyridine rings is 1. The van der Waals surface area contributed by atoms with Crippen molar-refractivity contribution >= 4 is 11.8 Å². The molecule has 136 valence electrons. The summed E-state index contributed by atoms with van der Waals surface area (Å²) in [6.07, 6.45) is 6.74. The molecule has 0 aliphatic rings. The SMILES string of the molecule is C=CCNC(=O)C(C=C)(CC)N(CC(C)(C)C)C(=O)c1ccncc1. The van der Waals surface area contributed by atoms with E-state index in [1.54, 1.807) is 41.6 Å². The number of carbonyl (C=O) groups is 2. The lowest BCUT2D eigenvalue weighted by molar-refractivity contribution is -0.130. The molecule has 0 spiro atoms. The van der Waals surface area contributed by atoms with E-state index in [-0.39, 0.29) is 17.2 Å². The third-order valence-electron chi connectivity index (χ3n) is 3.96. The molecule has 2 amide bonds. The molecule has 0 radical (unpaired) electrons. The summed E-state index contributed by atoms with van der Waals surface area (Å²) in [5.41, 5.74) is -0.822. The maximum absolute atomic E-state index is 13.2. The van der Waals surface area contributed by atoms with E-state index in [2.05, 4.69) is 23.5 Å². The summed E-state index contributed by atoms with van der Waals surface area (Å²) < 4.78 is 0. The maximum atomic E-state index is 13.2. The molecule has 1 aromatic heterocycles. The van der Waals surface area contributed by atoms with Gasteiger partial charge in [0.2, 0.25) is 5.91 Å². The lowest BCUT2D eigenvalue weighted by Gasteiger charge is -2.43. The van der Waals surface area contributed by atoms with E-state index in [4.69, 9.17) is 0 Å². The molecule has 0 saturated carbocycles. The van der Waals surface area contributed by atoms with Crippen LogP contribution in [0.1, 0.15) is 44.5 Å². The predicted octanol–water partition coefficient (Wildman–Crippen LogP) is 3.21. The second-order valence-electron chi connectivity index (χ2n) is 7.17. The van der Waals surface area contributed by atoms with E-state index in [9.17, 15) is 9.59 Å². The van der Waals surface area contributed by atoms with E-state index in [1.807, 2.05) is 27.7 Å². The predicted molar refractivity (Wildman–Crippen MR) is 101 cm³/mol. The summed E-state index contributed by atoms with van der Waals surface area (Å²) in [7, 11) is 0. The third kappa shape index (κ3) is 5.02. The van der Waals surface area contributed by atoms with Gasteiger partial charge in [-0.25, -0.2) is 0 Å². The Labute approximate surface area is 150 Å². The number of nitrogens with zero attached hydrogens (tertiary/aromatic N) is 2. The molecule has 1 aromatic rings. The Morgan fingerprint density at radius 2 is 1.84 bits per heavy atom. The highest BCUT2D eigenvalue weighted by atomic mass is 16.2. The number of nitrogens with one attached hydrogen (secondary N) is 1. The second kappa shape index (κ2) is 8.60. The van der Waals surface area contributed by atoms with Crippen LogP contribution in [0.4, 0.5) is 0 Å². The number of amides is 2. The molecular formula is C20H29N3O2. The largest absolute Gasteiger partial charge is 0.350 e. The summed E-state index contributed by atoms with van der Waals surface area (Å²) in [5, 5.41) is 2.81. The molecule has 0 aliphatic heterocycles. The monoisotopic (exact) mass is 343 g/mol. The van der Waals surface area contributed by atoms with Crippen LogP contribution in [0, 0.1) is 5.41 Å². The van der Waals surface area contributed by atoms with Crippen molar-refractivity contribution in [3.8, 4) is 0 Å². The van der Waals surface area contributed by atoms with Crippen molar-refractivity contribution in [3.05, 3.63) is 55.4 Å². The first kappa shape index (κ1) is 20.6. The molecule has 1 heterocycles. The highest BCUT2D eigenvalue weighted by molar-refractivity contribution is 6.00. The van der Waals surface area contributed by atoms with Gasteiger partial charge >= 0.3 is 0 Å². The number of hydrogen-bond acceptors (Lipinski definition) is 3. The molecule has 0 aromatic carbocycles. The van der Waals surface area contributed by atoms with Gasteiger partial charge in [0.25, 0.3) is 5.91 Å². The zero-order chi connectivity index (χ0) is 19.1. The van der Waals surface area contributed by atoms with Crippen molar-refractivity contribution in [2.45, 2.75) is 39.7 Å². The van der Waals surface area contributed by atoms with Gasteiger partial charge in [-0.05, 0) is 24.0 Å². The average molecular weight is 343 g/mol. The summed E-state index contributed by atoms with van der Waals surface area (Å²) >= 11 is 0. The first-order chi connectivity index (χ1) is 11.7. The molecular weight excluding hydrogens is 314 g/mol. The number of carbonyl (C=O) groups excluding carboxylic acids is 2. The van der Waals surface area contributed by atoms with E-state index >= 15 is 0 Å². The van der Waals surface area contributed by atoms with Crippen molar-refractivity contribution in [2.24, 2.45) is 5.41 Å². The van der Waals surface area contributed by atoms with Crippen molar-refractivity contribution in [1.29, 1.82) is 0 Å². The molecule has 0 fully saturated rings. The normalized spacial score (nSPS) is 13.4. The zero-order valence-corrected chi connectivity index (χ0v) is 15.7. The van der Waals surface area contributed by atoms with Gasteiger partial charge in [0.1, 0.15) is 5.54 Å². The first-order valence-electron chi connectivity index (χ1n) is 8.46. The van der Waals surface area contributed by atoms with Crippen LogP contribution in [-0.4, -0.2) is 40.3 Å². The molecule has 0 bridgehead atoms. The first-order valence-corrected chi connectivity index (χ1v) is 8.46. The van der Waals surface area contributed by atoms with Gasteiger partial charge < -0.3 is 10.2 Å². The average Bonchev–Trinajstić information content (AvgIpc) is 2.59. The summed E-state index contributed by atoms with van der Waals surface area (Å²) in [5.74, 6) is -0.468. The van der Waals surface area contributed by atoms with Crippen LogP contribution >= 0.6 is 0 Å². The fourth-order valence-corrected chi connectivity index (χ4v) is 2.66. The van der Waals surface area contributed by atoms with Gasteiger partial charge in [-0.15, -0.1) is 13.2 Å². The van der Waals surface area contributed by atoms with E-state index in [1.165, 1.54) is 0 Å². The Kier molecular flexibility index (Phi) is 7.09. The summed E-state index contributed by atoms with van der Waals surface area (Å²) in [6.45, 7) is 16.2. The molecule has 1 N–H and O–H groups in total. The lowest BCUT2D eigenvalue weighted by Crippen LogP contribution is -2.61. The van der Waals surface area contributed by atoms with Gasteiger partial charge in [0.05, 0.1) is 0 Å². The Hall–Kier alpha value is -2.43. The van der Waals surface area contributed by atoms with Crippen molar-refractivity contribution < 1.29 is 9.59 Å². The Morgan fingerprint density at radius 1 is 1.24 bits per heavy atom. The van der Waals surface area contributed by atoms with Crippen molar-refractivity contribution in [3.63, 3.8) is 0 Å². The maximum Gasteiger partial charge on any atom is 0.255 e. The van der Waals surface area contributed by atoms with Gasteiger partial charge in [-0.1, -0.05) is 39.8 Å². The molecule has 5 heteroatoms. The van der Waals surface area contributed by atoms with Crippen LogP contribution in [0.5, 0.6) is 0 Å². The molecule has 0 aliphatic carbocycles. The quantitative estimate of drug-likeness (QED) is 0.737. The number of hydrogen-bond donors (Lipinski definition) is 1. The molecule has 5 nitrogen and oxygen atoms in total. The van der Waals surface area contributed by atoms with Gasteiger partial charge in [0, 0.05) is 31.0 Å². The molecule has 25 heavy (non-hydrogen) atoms. The van der Waals surface area contributed by atoms with Gasteiger partial charge in [-0.2, -0.15) is 0 Å². The van der Waals surface area contributed by atoms with Gasteiger partial charge in [0.15, 0.2) is 0 Å². The standard InChI is InChI=1S/C20H29N3O2/c1-7-12-22-18(25)20(8-2,9-3)23(15-19(4,5)6)17(24)16-10-13-21-14-11-16/h7-8,10-11,13-14H,1-2,9,12,15H2,3-6H3,(H,22,25). The molecule has 0 saturated heterocycles. The zero-order valence-electron chi connectivity index (χ0n) is 15.7. The minimum absolute atomic E-state index is 0.190. The highest BCUT2D eigenvalue weighted by Crippen LogP contribution is 2.29. The van der Waals surface area contributed by atoms with E-state index in [0.29, 0.717) is 25.1 Å². The van der Waals surface area contributed by atoms with E-state index < -0.39 is 5.54 Å². The Morgan fingerprint density at radius 3 is 2.28 bits per heavy atom. The number of aromatic nitrogens is 1. The topological polar surface area (TPSA) is 62.3 Å². The minimum Gasteiger partial charge on any atom is -0.350 e. The third-order valence-corrected chi connectivity index (χ3v) is 3.96. The van der Waals surface area contributed by atoms with Gasteiger partial charge in [-0.3, -0.25) is 14.6 Å². The van der Waals surface area contributed by atoms with Crippen LogP contribution in [0.2, 0.25) is 0 Å². The minimum atomic E-state index is -1.13. The lowest BCUT2D eigenvalue weighted by atomic mass is 9.87. The van der Waals surface area contributed by atoms with Crippen LogP contribution in [0.25, 0.3) is 0 Å². The van der Waals surface area contributed by atoms with E-state index in [0.717, 1.165) is 0 Å². The Bertz CT molecular complexity index is 620. The van der Waals surface area contributed by atoms with Crippen molar-refractivity contribution in [2.75, 3.05) is 13.1 Å². The highest BCUT2D eigenvalue weighted by Gasteiger charge is 2.44. The summed E-state index contributed by atoms with van der Waals surface area (Å²) in [4.78, 5) is 31.7. The molecule has 1 rings (SSSR count). The Balaban J connectivity index is 3.39. The fraction of sp³-hybridized carbons (Fsp3) is 0.450. The molecule has 1 atom stereocenters. The molecule has 1 unspecified atom stereocenters. The van der Waals surface area contributed by atoms with Crippen LogP contribution in [-0.2, 0) is 4.79 Å². The van der Waals surface area contributed by atoms with Crippen LogP contribution < -0.4 is 5.32 Å². The van der Waals surface area contributed by atoms with Crippen LogP contribution in [0.3, 0.4) is 0 Å². The fourth-order valence-electron chi connectivity index (χ4n) is 2.66. The second-order valence-corrected chi connectivity index (χ2v) is 7.17.